The van der Waals surface area contributed by atoms with Gasteiger partial charge in [0.25, 0.3) is 5.91 Å². The minimum Gasteiger partial charge on any atom is -0.451 e. The van der Waals surface area contributed by atoms with Crippen LogP contribution in [0.25, 0.3) is 6.08 Å². The van der Waals surface area contributed by atoms with Crippen molar-refractivity contribution in [2.75, 3.05) is 13.2 Å². The van der Waals surface area contributed by atoms with Crippen LogP contribution in [0.5, 0.6) is 0 Å². The van der Waals surface area contributed by atoms with Gasteiger partial charge in [0.05, 0.1) is 0 Å². The molecule has 0 aromatic carbocycles. The van der Waals surface area contributed by atoms with Crippen molar-refractivity contribution >= 4 is 18.0 Å². The Labute approximate surface area is 167 Å². The number of piperidine rings is 1. The highest BCUT2D eigenvalue weighted by Crippen LogP contribution is 2.21. The van der Waals surface area contributed by atoms with Crippen LogP contribution in [-0.4, -0.2) is 40.5 Å². The lowest BCUT2D eigenvalue weighted by Crippen LogP contribution is -2.45. The second kappa shape index (κ2) is 10.1. The van der Waals surface area contributed by atoms with Gasteiger partial charge >= 0.3 is 5.97 Å². The van der Waals surface area contributed by atoms with Crippen LogP contribution in [-0.2, 0) is 20.9 Å². The molecule has 1 saturated heterocycles. The second-order valence-corrected chi connectivity index (χ2v) is 7.37. The first kappa shape index (κ1) is 21.7. The SMILES string of the molecule is CCCn1c(C)cc(/C=C(\C#N)C(=O)OCC(=O)N2CCCC[C@H]2CC)c1C. The first-order valence-corrected chi connectivity index (χ1v) is 10.2. The van der Waals surface area contributed by atoms with Gasteiger partial charge < -0.3 is 14.2 Å². The minimum absolute atomic E-state index is 0.0877. The van der Waals surface area contributed by atoms with E-state index in [9.17, 15) is 14.9 Å². The van der Waals surface area contributed by atoms with Crippen LogP contribution in [0.3, 0.4) is 0 Å². The average molecular weight is 386 g/mol. The molecular formula is C22H31N3O3. The van der Waals surface area contributed by atoms with Gasteiger partial charge in [0.15, 0.2) is 6.61 Å². The van der Waals surface area contributed by atoms with Gasteiger partial charge in [0, 0.05) is 30.5 Å². The van der Waals surface area contributed by atoms with E-state index in [1.807, 2.05) is 30.9 Å². The van der Waals surface area contributed by atoms with Crippen molar-refractivity contribution in [3.8, 4) is 6.07 Å². The van der Waals surface area contributed by atoms with E-state index < -0.39 is 5.97 Å². The summed E-state index contributed by atoms with van der Waals surface area (Å²) in [4.78, 5) is 26.6. The number of aryl methyl sites for hydroxylation is 1. The van der Waals surface area contributed by atoms with Crippen molar-refractivity contribution in [1.82, 2.24) is 9.47 Å². The number of nitriles is 1. The molecule has 1 fully saturated rings. The van der Waals surface area contributed by atoms with Crippen LogP contribution >= 0.6 is 0 Å². The molecule has 152 valence electrons. The fourth-order valence-corrected chi connectivity index (χ4v) is 3.88. The van der Waals surface area contributed by atoms with Crippen LogP contribution in [0.1, 0.15) is 62.9 Å². The van der Waals surface area contributed by atoms with E-state index in [0.29, 0.717) is 6.54 Å². The van der Waals surface area contributed by atoms with Gasteiger partial charge in [-0.15, -0.1) is 0 Å². The molecule has 0 spiro atoms. The predicted octanol–water partition coefficient (Wildman–Crippen LogP) is 3.76. The Hall–Kier alpha value is -2.55. The molecule has 0 bridgehead atoms. The molecule has 0 aliphatic carbocycles. The van der Waals surface area contributed by atoms with Crippen molar-refractivity contribution in [3.05, 3.63) is 28.6 Å². The smallest absolute Gasteiger partial charge is 0.349 e. The van der Waals surface area contributed by atoms with E-state index in [1.165, 1.54) is 0 Å². The number of carbonyl (C=O) groups is 2. The maximum absolute atomic E-state index is 12.5. The third-order valence-electron chi connectivity index (χ3n) is 5.45. The summed E-state index contributed by atoms with van der Waals surface area (Å²) >= 11 is 0. The van der Waals surface area contributed by atoms with Crippen molar-refractivity contribution in [1.29, 1.82) is 5.26 Å². The maximum atomic E-state index is 12.5. The quantitative estimate of drug-likeness (QED) is 0.407. The Bertz CT molecular complexity index is 786. The fourth-order valence-electron chi connectivity index (χ4n) is 3.88. The number of likely N-dealkylation sites (tertiary alicyclic amines) is 1. The molecule has 0 radical (unpaired) electrons. The monoisotopic (exact) mass is 385 g/mol. The van der Waals surface area contributed by atoms with Crippen LogP contribution in [0.2, 0.25) is 0 Å². The topological polar surface area (TPSA) is 75.3 Å². The number of hydrogen-bond donors (Lipinski definition) is 0. The molecule has 1 aromatic heterocycles. The molecule has 0 unspecified atom stereocenters. The molecule has 0 N–H and O–H groups in total. The number of aromatic nitrogens is 1. The molecule has 6 nitrogen and oxygen atoms in total. The molecule has 1 amide bonds. The normalized spacial score (nSPS) is 17.3. The zero-order valence-corrected chi connectivity index (χ0v) is 17.5. The molecular weight excluding hydrogens is 354 g/mol. The van der Waals surface area contributed by atoms with Gasteiger partial charge in [-0.05, 0) is 63.7 Å². The summed E-state index contributed by atoms with van der Waals surface area (Å²) in [5.41, 5.74) is 2.83. The van der Waals surface area contributed by atoms with Crippen LogP contribution in [0, 0.1) is 25.2 Å². The highest BCUT2D eigenvalue weighted by molar-refractivity contribution is 5.99. The molecule has 2 heterocycles. The van der Waals surface area contributed by atoms with Crippen LogP contribution in [0.4, 0.5) is 0 Å². The third kappa shape index (κ3) is 5.03. The number of carbonyl (C=O) groups excluding carboxylic acids is 2. The van der Waals surface area contributed by atoms with E-state index in [4.69, 9.17) is 4.74 Å². The zero-order chi connectivity index (χ0) is 20.7. The van der Waals surface area contributed by atoms with Gasteiger partial charge in [-0.25, -0.2) is 4.79 Å². The molecule has 28 heavy (non-hydrogen) atoms. The van der Waals surface area contributed by atoms with E-state index >= 15 is 0 Å². The van der Waals surface area contributed by atoms with Crippen LogP contribution in [0.15, 0.2) is 11.6 Å². The summed E-state index contributed by atoms with van der Waals surface area (Å²) in [7, 11) is 0. The van der Waals surface area contributed by atoms with Gasteiger partial charge in [0.2, 0.25) is 0 Å². The highest BCUT2D eigenvalue weighted by Gasteiger charge is 2.26. The number of ether oxygens (including phenoxy) is 1. The minimum atomic E-state index is -0.749. The Morgan fingerprint density at radius 3 is 2.71 bits per heavy atom. The Morgan fingerprint density at radius 2 is 2.07 bits per heavy atom. The van der Waals surface area contributed by atoms with E-state index in [2.05, 4.69) is 18.4 Å². The largest absolute Gasteiger partial charge is 0.451 e. The summed E-state index contributed by atoms with van der Waals surface area (Å²) in [5.74, 6) is -0.931. The number of nitrogens with zero attached hydrogens (tertiary/aromatic N) is 3. The lowest BCUT2D eigenvalue weighted by Gasteiger charge is -2.35. The summed E-state index contributed by atoms with van der Waals surface area (Å²) in [6.07, 6.45) is 6.55. The molecule has 2 rings (SSSR count). The number of hydrogen-bond acceptors (Lipinski definition) is 4. The molecule has 1 atom stereocenters. The first-order chi connectivity index (χ1) is 13.4. The molecule has 0 saturated carbocycles. The van der Waals surface area contributed by atoms with Gasteiger partial charge in [-0.1, -0.05) is 13.8 Å². The average Bonchev–Trinajstić information content (AvgIpc) is 2.97. The Morgan fingerprint density at radius 1 is 1.32 bits per heavy atom. The van der Waals surface area contributed by atoms with Gasteiger partial charge in [-0.3, -0.25) is 4.79 Å². The van der Waals surface area contributed by atoms with Crippen molar-refractivity contribution in [2.45, 2.75) is 72.4 Å². The number of esters is 1. The lowest BCUT2D eigenvalue weighted by atomic mass is 10.00. The summed E-state index contributed by atoms with van der Waals surface area (Å²) in [6.45, 7) is 9.43. The Balaban J connectivity index is 2.06. The first-order valence-electron chi connectivity index (χ1n) is 10.2. The summed E-state index contributed by atoms with van der Waals surface area (Å²) < 4.78 is 7.34. The summed E-state index contributed by atoms with van der Waals surface area (Å²) in [5, 5.41) is 9.40. The molecule has 1 aliphatic heterocycles. The molecule has 6 heteroatoms. The van der Waals surface area contributed by atoms with Crippen molar-refractivity contribution in [2.24, 2.45) is 0 Å². The third-order valence-corrected chi connectivity index (χ3v) is 5.45. The summed E-state index contributed by atoms with van der Waals surface area (Å²) in [6, 6.07) is 4.09. The van der Waals surface area contributed by atoms with E-state index in [0.717, 1.165) is 55.6 Å². The van der Waals surface area contributed by atoms with E-state index in [-0.39, 0.29) is 24.1 Å². The predicted molar refractivity (Wildman–Crippen MR) is 108 cm³/mol. The Kier molecular flexibility index (Phi) is 7.86. The molecule has 1 aliphatic rings. The van der Waals surface area contributed by atoms with Crippen LogP contribution < -0.4 is 0 Å². The van der Waals surface area contributed by atoms with Crippen molar-refractivity contribution < 1.29 is 14.3 Å². The fraction of sp³-hybridized carbons (Fsp3) is 0.591. The molecule has 1 aromatic rings. The highest BCUT2D eigenvalue weighted by atomic mass is 16.5. The number of amides is 1. The van der Waals surface area contributed by atoms with Gasteiger partial charge in [-0.2, -0.15) is 5.26 Å². The number of rotatable bonds is 7. The zero-order valence-electron chi connectivity index (χ0n) is 17.5. The standard InChI is InChI=1S/C22H31N3O3/c1-5-10-24-16(3)12-18(17(24)4)13-19(14-23)22(27)28-15-21(26)25-11-8-7-9-20(25)6-2/h12-13,20H,5-11,15H2,1-4H3/b19-13+/t20-/m1/s1. The van der Waals surface area contributed by atoms with E-state index in [1.54, 1.807) is 6.08 Å². The lowest BCUT2D eigenvalue weighted by molar-refractivity contribution is -0.150. The van der Waals surface area contributed by atoms with Crippen molar-refractivity contribution in [3.63, 3.8) is 0 Å². The van der Waals surface area contributed by atoms with Gasteiger partial charge in [0.1, 0.15) is 11.6 Å². The second-order valence-electron chi connectivity index (χ2n) is 7.37. The maximum Gasteiger partial charge on any atom is 0.349 e.